The van der Waals surface area contributed by atoms with Crippen molar-refractivity contribution < 1.29 is 0 Å². The molecule has 8 aromatic rings. The third-order valence-corrected chi connectivity index (χ3v) is 9.95. The Morgan fingerprint density at radius 1 is 0.333 bits per heavy atom. The van der Waals surface area contributed by atoms with Gasteiger partial charge in [0.2, 0.25) is 0 Å². The maximum absolute atomic E-state index is 3.73. The van der Waals surface area contributed by atoms with Gasteiger partial charge in [-0.1, -0.05) is 170 Å². The van der Waals surface area contributed by atoms with E-state index in [0.717, 1.165) is 11.4 Å². The van der Waals surface area contributed by atoms with Crippen molar-refractivity contribution in [2.75, 3.05) is 5.32 Å². The second-order valence-corrected chi connectivity index (χ2v) is 12.6. The summed E-state index contributed by atoms with van der Waals surface area (Å²) in [6, 6.07) is 70.4. The van der Waals surface area contributed by atoms with Gasteiger partial charge >= 0.3 is 0 Å². The summed E-state index contributed by atoms with van der Waals surface area (Å²) < 4.78 is 0. The molecule has 0 radical (unpaired) electrons. The van der Waals surface area contributed by atoms with Crippen LogP contribution in [0.1, 0.15) is 22.3 Å². The molecule has 48 heavy (non-hydrogen) atoms. The summed E-state index contributed by atoms with van der Waals surface area (Å²) in [5.41, 5.74) is 14.4. The molecular weight excluding hydrogens is 579 g/mol. The van der Waals surface area contributed by atoms with Crippen molar-refractivity contribution in [2.45, 2.75) is 5.41 Å². The molecule has 226 valence electrons. The van der Waals surface area contributed by atoms with E-state index in [-0.39, 0.29) is 0 Å². The fourth-order valence-corrected chi connectivity index (χ4v) is 7.75. The van der Waals surface area contributed by atoms with Gasteiger partial charge in [0.25, 0.3) is 0 Å². The van der Waals surface area contributed by atoms with Gasteiger partial charge in [-0.15, -0.1) is 0 Å². The van der Waals surface area contributed by atoms with Crippen LogP contribution in [0, 0.1) is 0 Å². The predicted octanol–water partition coefficient (Wildman–Crippen LogP) is 12.3. The summed E-state index contributed by atoms with van der Waals surface area (Å²) in [5, 5.41) is 6.27. The van der Waals surface area contributed by atoms with Crippen LogP contribution in [0.2, 0.25) is 0 Å². The Bertz CT molecular complexity index is 2340. The molecule has 1 N–H and O–H groups in total. The van der Waals surface area contributed by atoms with Gasteiger partial charge in [-0.25, -0.2) is 0 Å². The number of rotatable bonds is 6. The molecule has 8 aromatic carbocycles. The lowest BCUT2D eigenvalue weighted by Crippen LogP contribution is -2.28. The smallest absolute Gasteiger partial charge is 0.0714 e. The topological polar surface area (TPSA) is 12.0 Å². The fourth-order valence-electron chi connectivity index (χ4n) is 7.75. The first-order valence-electron chi connectivity index (χ1n) is 16.6. The maximum Gasteiger partial charge on any atom is 0.0714 e. The number of fused-ring (bicyclic) bond motifs is 4. The summed E-state index contributed by atoms with van der Waals surface area (Å²) in [7, 11) is 0. The lowest BCUT2D eigenvalue weighted by molar-refractivity contribution is 0.769. The number of anilines is 2. The Morgan fingerprint density at radius 2 is 0.854 bits per heavy atom. The summed E-state index contributed by atoms with van der Waals surface area (Å²) in [4.78, 5) is 0. The van der Waals surface area contributed by atoms with Crippen LogP contribution in [0.3, 0.4) is 0 Å². The molecule has 1 heteroatoms. The molecule has 0 bridgehead atoms. The third-order valence-electron chi connectivity index (χ3n) is 9.95. The monoisotopic (exact) mass is 611 g/mol. The standard InChI is InChI=1S/C47H33N/c1-3-14-37(15-4-1)47(38-16-5-2-6-17-38)45-21-10-9-19-43(45)44-31-30-40(32-46(44)47)48-39-28-26-34(27-29-39)33-22-24-36(25-23-33)42-20-11-13-35-12-7-8-18-41(35)42/h1-32,48H. The van der Waals surface area contributed by atoms with Gasteiger partial charge in [0, 0.05) is 11.4 Å². The van der Waals surface area contributed by atoms with Crippen molar-refractivity contribution in [1.82, 2.24) is 0 Å². The SMILES string of the molecule is c1ccc(C2(c3ccccc3)c3ccccc3-c3ccc(Nc4ccc(-c5ccc(-c6cccc7ccccc67)cc5)cc4)cc32)cc1. The Hall–Kier alpha value is -6.18. The van der Waals surface area contributed by atoms with Gasteiger partial charge in [-0.2, -0.15) is 0 Å². The lowest BCUT2D eigenvalue weighted by atomic mass is 9.67. The van der Waals surface area contributed by atoms with Crippen molar-refractivity contribution in [3.63, 3.8) is 0 Å². The molecule has 9 rings (SSSR count). The zero-order valence-corrected chi connectivity index (χ0v) is 26.5. The van der Waals surface area contributed by atoms with E-state index in [1.807, 2.05) is 0 Å². The predicted molar refractivity (Wildman–Crippen MR) is 202 cm³/mol. The molecular formula is C47H33N. The van der Waals surface area contributed by atoms with Crippen LogP contribution in [-0.2, 0) is 5.41 Å². The van der Waals surface area contributed by atoms with Gasteiger partial charge in [-0.3, -0.25) is 0 Å². The summed E-state index contributed by atoms with van der Waals surface area (Å²) >= 11 is 0. The molecule has 0 amide bonds. The van der Waals surface area contributed by atoms with Crippen LogP contribution in [-0.4, -0.2) is 0 Å². The van der Waals surface area contributed by atoms with Crippen LogP contribution in [0.4, 0.5) is 11.4 Å². The van der Waals surface area contributed by atoms with E-state index >= 15 is 0 Å². The van der Waals surface area contributed by atoms with Crippen molar-refractivity contribution in [2.24, 2.45) is 0 Å². The molecule has 1 nitrogen and oxygen atoms in total. The Kier molecular flexibility index (Phi) is 6.76. The summed E-state index contributed by atoms with van der Waals surface area (Å²) in [6.07, 6.45) is 0. The van der Waals surface area contributed by atoms with Crippen molar-refractivity contribution >= 4 is 22.1 Å². The largest absolute Gasteiger partial charge is 0.356 e. The van der Waals surface area contributed by atoms with Crippen LogP contribution < -0.4 is 5.32 Å². The molecule has 0 fully saturated rings. The second kappa shape index (κ2) is 11.6. The Morgan fingerprint density at radius 3 is 1.58 bits per heavy atom. The van der Waals surface area contributed by atoms with Crippen LogP contribution >= 0.6 is 0 Å². The number of nitrogens with one attached hydrogen (secondary N) is 1. The van der Waals surface area contributed by atoms with E-state index in [4.69, 9.17) is 0 Å². The highest BCUT2D eigenvalue weighted by Gasteiger charge is 2.46. The van der Waals surface area contributed by atoms with Gasteiger partial charge in [0.1, 0.15) is 0 Å². The highest BCUT2D eigenvalue weighted by atomic mass is 14.9. The number of hydrogen-bond donors (Lipinski definition) is 1. The zero-order valence-electron chi connectivity index (χ0n) is 26.5. The maximum atomic E-state index is 3.73. The molecule has 0 aromatic heterocycles. The molecule has 1 aliphatic carbocycles. The Labute approximate surface area is 281 Å². The van der Waals surface area contributed by atoms with Crippen LogP contribution in [0.15, 0.2) is 194 Å². The van der Waals surface area contributed by atoms with Crippen LogP contribution in [0.25, 0.3) is 44.2 Å². The molecule has 0 saturated heterocycles. The van der Waals surface area contributed by atoms with E-state index in [1.165, 1.54) is 66.4 Å². The highest BCUT2D eigenvalue weighted by Crippen LogP contribution is 2.56. The first kappa shape index (κ1) is 28.1. The van der Waals surface area contributed by atoms with E-state index in [1.54, 1.807) is 0 Å². The van der Waals surface area contributed by atoms with Gasteiger partial charge < -0.3 is 5.32 Å². The van der Waals surface area contributed by atoms with Gasteiger partial charge in [0.15, 0.2) is 0 Å². The summed E-state index contributed by atoms with van der Waals surface area (Å²) in [6.45, 7) is 0. The van der Waals surface area contributed by atoms with Gasteiger partial charge in [-0.05, 0) is 90.7 Å². The van der Waals surface area contributed by atoms with Crippen molar-refractivity contribution in [3.05, 3.63) is 216 Å². The molecule has 1 aliphatic rings. The van der Waals surface area contributed by atoms with E-state index in [2.05, 4.69) is 199 Å². The fraction of sp³-hybridized carbons (Fsp3) is 0.0213. The van der Waals surface area contributed by atoms with Crippen LogP contribution in [0.5, 0.6) is 0 Å². The number of benzene rings is 8. The van der Waals surface area contributed by atoms with E-state index in [0.29, 0.717) is 0 Å². The average Bonchev–Trinajstić information content (AvgIpc) is 3.46. The van der Waals surface area contributed by atoms with E-state index < -0.39 is 5.41 Å². The highest BCUT2D eigenvalue weighted by molar-refractivity contribution is 5.97. The summed E-state index contributed by atoms with van der Waals surface area (Å²) in [5.74, 6) is 0. The minimum Gasteiger partial charge on any atom is -0.356 e. The second-order valence-electron chi connectivity index (χ2n) is 12.6. The van der Waals surface area contributed by atoms with Crippen molar-refractivity contribution in [3.8, 4) is 33.4 Å². The minimum atomic E-state index is -0.409. The first-order valence-corrected chi connectivity index (χ1v) is 16.6. The zero-order chi connectivity index (χ0) is 31.9. The Balaban J connectivity index is 1.05. The molecule has 0 aliphatic heterocycles. The molecule has 0 spiro atoms. The van der Waals surface area contributed by atoms with Crippen molar-refractivity contribution in [1.29, 1.82) is 0 Å². The van der Waals surface area contributed by atoms with E-state index in [9.17, 15) is 0 Å². The average molecular weight is 612 g/mol. The quantitative estimate of drug-likeness (QED) is 0.197. The normalized spacial score (nSPS) is 12.8. The molecule has 0 heterocycles. The lowest BCUT2D eigenvalue weighted by Gasteiger charge is -2.34. The third kappa shape index (κ3) is 4.55. The minimum absolute atomic E-state index is 0.409. The molecule has 0 unspecified atom stereocenters. The molecule has 0 atom stereocenters. The molecule has 0 saturated carbocycles. The van der Waals surface area contributed by atoms with Gasteiger partial charge in [0.05, 0.1) is 5.41 Å². The first-order chi connectivity index (χ1) is 23.8. The number of hydrogen-bond acceptors (Lipinski definition) is 1.